The summed E-state index contributed by atoms with van der Waals surface area (Å²) in [6.07, 6.45) is -2.25. The van der Waals surface area contributed by atoms with Gasteiger partial charge < -0.3 is 14.8 Å². The van der Waals surface area contributed by atoms with Crippen LogP contribution in [0.15, 0.2) is 42.5 Å². The summed E-state index contributed by atoms with van der Waals surface area (Å²) in [6, 6.07) is 11.0. The van der Waals surface area contributed by atoms with Gasteiger partial charge in [-0.15, -0.1) is 0 Å². The van der Waals surface area contributed by atoms with E-state index in [0.29, 0.717) is 17.9 Å². The number of hydrogen-bond donors (Lipinski definition) is 1. The zero-order valence-electron chi connectivity index (χ0n) is 14.2. The van der Waals surface area contributed by atoms with E-state index in [-0.39, 0.29) is 12.0 Å². The molecule has 0 aliphatic carbocycles. The first-order valence-corrected chi connectivity index (χ1v) is 8.73. The van der Waals surface area contributed by atoms with Gasteiger partial charge in [0.15, 0.2) is 0 Å². The van der Waals surface area contributed by atoms with Gasteiger partial charge in [0.05, 0.1) is 12.2 Å². The second kappa shape index (κ2) is 6.50. The Balaban J connectivity index is 1.47. The second-order valence-electron chi connectivity index (χ2n) is 6.96. The summed E-state index contributed by atoms with van der Waals surface area (Å²) >= 11 is 0. The number of alkyl halides is 3. The molecule has 0 saturated carbocycles. The van der Waals surface area contributed by atoms with Crippen LogP contribution < -0.4 is 14.8 Å². The van der Waals surface area contributed by atoms with Crippen LogP contribution in [0.2, 0.25) is 0 Å². The Morgan fingerprint density at radius 3 is 2.65 bits per heavy atom. The third kappa shape index (κ3) is 3.26. The van der Waals surface area contributed by atoms with Crippen molar-refractivity contribution in [3.05, 3.63) is 59.2 Å². The zero-order valence-corrected chi connectivity index (χ0v) is 14.2. The zero-order chi connectivity index (χ0) is 18.2. The highest BCUT2D eigenvalue weighted by Gasteiger charge is 2.41. The van der Waals surface area contributed by atoms with Crippen molar-refractivity contribution in [2.45, 2.75) is 31.0 Å². The largest absolute Gasteiger partial charge is 0.492 e. The molecule has 2 aromatic rings. The molecular formula is C20H20F3NO2. The van der Waals surface area contributed by atoms with Gasteiger partial charge in [-0.1, -0.05) is 18.2 Å². The minimum Gasteiger partial charge on any atom is -0.492 e. The molecule has 2 aliphatic heterocycles. The lowest BCUT2D eigenvalue weighted by Crippen LogP contribution is -2.40. The number of rotatable bonds is 3. The highest BCUT2D eigenvalue weighted by Crippen LogP contribution is 2.45. The average Bonchev–Trinajstić information content (AvgIpc) is 2.98. The molecule has 26 heavy (non-hydrogen) atoms. The summed E-state index contributed by atoms with van der Waals surface area (Å²) in [4.78, 5) is 0. The first kappa shape index (κ1) is 17.2. The number of piperidine rings is 1. The average molecular weight is 363 g/mol. The van der Waals surface area contributed by atoms with Crippen LogP contribution in [0.1, 0.15) is 29.5 Å². The summed E-state index contributed by atoms with van der Waals surface area (Å²) in [5.74, 6) is 1.43. The van der Waals surface area contributed by atoms with Gasteiger partial charge in [-0.25, -0.2) is 0 Å². The van der Waals surface area contributed by atoms with Crippen molar-refractivity contribution in [3.8, 4) is 11.5 Å². The standard InChI is InChI=1S/C20H20F3NO2/c21-20(22,23)15-3-1-2-14(10-15)12-25-16-4-5-17-18(11-16)26-13-19(17)6-8-24-9-7-19/h1-5,10-11,24H,6-9,12-13H2. The molecule has 2 aliphatic rings. The summed E-state index contributed by atoms with van der Waals surface area (Å²) in [5, 5.41) is 3.37. The molecule has 0 amide bonds. The molecule has 1 fully saturated rings. The Kier molecular flexibility index (Phi) is 4.31. The van der Waals surface area contributed by atoms with Crippen molar-refractivity contribution in [2.24, 2.45) is 0 Å². The van der Waals surface area contributed by atoms with Crippen molar-refractivity contribution in [1.82, 2.24) is 5.32 Å². The van der Waals surface area contributed by atoms with Crippen molar-refractivity contribution in [3.63, 3.8) is 0 Å². The molecule has 1 saturated heterocycles. The molecule has 1 spiro atoms. The lowest BCUT2D eigenvalue weighted by Gasteiger charge is -2.32. The van der Waals surface area contributed by atoms with Crippen LogP contribution in [-0.2, 0) is 18.2 Å². The molecule has 2 aromatic carbocycles. The third-order valence-corrected chi connectivity index (χ3v) is 5.25. The van der Waals surface area contributed by atoms with Gasteiger partial charge in [-0.2, -0.15) is 13.2 Å². The van der Waals surface area contributed by atoms with Gasteiger partial charge >= 0.3 is 6.18 Å². The maximum atomic E-state index is 12.8. The summed E-state index contributed by atoms with van der Waals surface area (Å²) in [7, 11) is 0. The molecule has 0 bridgehead atoms. The predicted molar refractivity (Wildman–Crippen MR) is 91.5 cm³/mol. The van der Waals surface area contributed by atoms with Gasteiger partial charge in [0.1, 0.15) is 18.1 Å². The van der Waals surface area contributed by atoms with Crippen LogP contribution in [-0.4, -0.2) is 19.7 Å². The quantitative estimate of drug-likeness (QED) is 0.882. The highest BCUT2D eigenvalue weighted by atomic mass is 19.4. The van der Waals surface area contributed by atoms with E-state index in [1.54, 1.807) is 6.07 Å². The lowest BCUT2D eigenvalue weighted by atomic mass is 9.75. The Bertz CT molecular complexity index is 798. The molecule has 1 N–H and O–H groups in total. The monoisotopic (exact) mass is 363 g/mol. The molecule has 3 nitrogen and oxygen atoms in total. The maximum absolute atomic E-state index is 12.8. The summed E-state index contributed by atoms with van der Waals surface area (Å²) in [5.41, 5.74) is 1.12. The van der Waals surface area contributed by atoms with E-state index < -0.39 is 11.7 Å². The van der Waals surface area contributed by atoms with Crippen LogP contribution in [0.3, 0.4) is 0 Å². The third-order valence-electron chi connectivity index (χ3n) is 5.25. The molecule has 0 atom stereocenters. The Morgan fingerprint density at radius 1 is 1.08 bits per heavy atom. The van der Waals surface area contributed by atoms with Gasteiger partial charge in [0.2, 0.25) is 0 Å². The number of hydrogen-bond acceptors (Lipinski definition) is 3. The Labute approximate surface area is 150 Å². The van der Waals surface area contributed by atoms with Crippen molar-refractivity contribution in [2.75, 3.05) is 19.7 Å². The molecule has 0 unspecified atom stereocenters. The van der Waals surface area contributed by atoms with E-state index in [1.807, 2.05) is 18.2 Å². The maximum Gasteiger partial charge on any atom is 0.416 e. The van der Waals surface area contributed by atoms with Crippen LogP contribution in [0, 0.1) is 0 Å². The second-order valence-corrected chi connectivity index (χ2v) is 6.96. The van der Waals surface area contributed by atoms with Gasteiger partial charge in [0, 0.05) is 17.0 Å². The fourth-order valence-electron chi connectivity index (χ4n) is 3.77. The normalized spacial score (nSPS) is 18.4. The van der Waals surface area contributed by atoms with Crippen LogP contribution in [0.5, 0.6) is 11.5 Å². The van der Waals surface area contributed by atoms with Crippen LogP contribution in [0.25, 0.3) is 0 Å². The Morgan fingerprint density at radius 2 is 1.88 bits per heavy atom. The number of ether oxygens (including phenoxy) is 2. The van der Waals surface area contributed by atoms with E-state index in [2.05, 4.69) is 5.32 Å². The number of halogens is 3. The summed E-state index contributed by atoms with van der Waals surface area (Å²) < 4.78 is 50.0. The minimum absolute atomic E-state index is 0.0811. The van der Waals surface area contributed by atoms with E-state index >= 15 is 0 Å². The van der Waals surface area contributed by atoms with Gasteiger partial charge in [0.25, 0.3) is 0 Å². The molecule has 0 aromatic heterocycles. The predicted octanol–water partition coefficient (Wildman–Crippen LogP) is 4.30. The minimum atomic E-state index is -4.35. The van der Waals surface area contributed by atoms with Crippen LogP contribution in [0.4, 0.5) is 13.2 Å². The highest BCUT2D eigenvalue weighted by molar-refractivity contribution is 5.48. The molecule has 4 rings (SSSR count). The topological polar surface area (TPSA) is 30.5 Å². The smallest absolute Gasteiger partial charge is 0.416 e. The number of fused-ring (bicyclic) bond motifs is 2. The van der Waals surface area contributed by atoms with Crippen LogP contribution >= 0.6 is 0 Å². The van der Waals surface area contributed by atoms with Crippen molar-refractivity contribution >= 4 is 0 Å². The van der Waals surface area contributed by atoms with Crippen molar-refractivity contribution in [1.29, 1.82) is 0 Å². The molecular weight excluding hydrogens is 343 g/mol. The Hall–Kier alpha value is -2.21. The number of nitrogens with one attached hydrogen (secondary N) is 1. The first-order chi connectivity index (χ1) is 12.5. The van der Waals surface area contributed by atoms with Gasteiger partial charge in [-0.3, -0.25) is 0 Å². The fourth-order valence-corrected chi connectivity index (χ4v) is 3.77. The first-order valence-electron chi connectivity index (χ1n) is 8.73. The number of benzene rings is 2. The molecule has 6 heteroatoms. The SMILES string of the molecule is FC(F)(F)c1cccc(COc2ccc3c(c2)OCC32CCNCC2)c1. The van der Waals surface area contributed by atoms with E-state index in [4.69, 9.17) is 9.47 Å². The molecule has 0 radical (unpaired) electrons. The van der Waals surface area contributed by atoms with E-state index in [1.165, 1.54) is 11.6 Å². The fraction of sp³-hybridized carbons (Fsp3) is 0.400. The molecule has 138 valence electrons. The van der Waals surface area contributed by atoms with Crippen molar-refractivity contribution < 1.29 is 22.6 Å². The van der Waals surface area contributed by atoms with E-state index in [0.717, 1.165) is 43.8 Å². The van der Waals surface area contributed by atoms with E-state index in [9.17, 15) is 13.2 Å². The van der Waals surface area contributed by atoms with Gasteiger partial charge in [-0.05, 0) is 49.7 Å². The molecule has 2 heterocycles. The summed E-state index contributed by atoms with van der Waals surface area (Å²) in [6.45, 7) is 2.73. The lowest BCUT2D eigenvalue weighted by molar-refractivity contribution is -0.137.